The van der Waals surface area contributed by atoms with Crippen LogP contribution in [0.1, 0.15) is 25.3 Å². The van der Waals surface area contributed by atoms with Gasteiger partial charge >= 0.3 is 5.97 Å². The molecule has 0 fully saturated rings. The number of hydrogen-bond acceptors (Lipinski definition) is 4. The number of carbonyl (C=O) groups is 2. The zero-order valence-corrected chi connectivity index (χ0v) is 12.4. The maximum Gasteiger partial charge on any atom is 0.306 e. The third kappa shape index (κ3) is 7.08. The smallest absolute Gasteiger partial charge is 0.306 e. The maximum atomic E-state index is 11.5. The number of ketones is 1. The zero-order valence-electron chi connectivity index (χ0n) is 10.9. The Labute approximate surface area is 121 Å². The average molecular weight is 329 g/mol. The van der Waals surface area contributed by atoms with E-state index in [9.17, 15) is 9.59 Å². The minimum absolute atomic E-state index is 0.0198. The fourth-order valence-corrected chi connectivity index (χ4v) is 1.90. The Morgan fingerprint density at radius 3 is 2.74 bits per heavy atom. The third-order valence-electron chi connectivity index (χ3n) is 2.33. The fraction of sp³-hybridized carbons (Fsp3) is 0.429. The lowest BCUT2D eigenvalue weighted by Crippen LogP contribution is -2.12. The van der Waals surface area contributed by atoms with E-state index in [1.54, 1.807) is 6.92 Å². The van der Waals surface area contributed by atoms with E-state index in [-0.39, 0.29) is 31.2 Å². The molecule has 0 atom stereocenters. The van der Waals surface area contributed by atoms with Gasteiger partial charge in [0, 0.05) is 10.9 Å². The summed E-state index contributed by atoms with van der Waals surface area (Å²) in [5, 5.41) is 0. The largest absolute Gasteiger partial charge is 0.466 e. The number of Topliss-reactive ketones (excluding diaryl/α,β-unsaturated/α-hetero) is 1. The van der Waals surface area contributed by atoms with E-state index in [4.69, 9.17) is 9.47 Å². The predicted molar refractivity (Wildman–Crippen MR) is 74.7 cm³/mol. The van der Waals surface area contributed by atoms with Gasteiger partial charge in [0.1, 0.15) is 6.61 Å². The highest BCUT2D eigenvalue weighted by molar-refractivity contribution is 9.10. The minimum Gasteiger partial charge on any atom is -0.466 e. The Bertz CT molecular complexity index is 431. The van der Waals surface area contributed by atoms with E-state index in [1.165, 1.54) is 0 Å². The molecule has 1 aromatic carbocycles. The predicted octanol–water partition coefficient (Wildman–Crippen LogP) is 2.88. The summed E-state index contributed by atoms with van der Waals surface area (Å²) in [5.74, 6) is -0.439. The molecule has 0 heterocycles. The van der Waals surface area contributed by atoms with Crippen molar-refractivity contribution in [3.63, 3.8) is 0 Å². The topological polar surface area (TPSA) is 52.6 Å². The fourth-order valence-electron chi connectivity index (χ4n) is 1.46. The summed E-state index contributed by atoms with van der Waals surface area (Å²) in [7, 11) is 0. The third-order valence-corrected chi connectivity index (χ3v) is 2.83. The van der Waals surface area contributed by atoms with Crippen LogP contribution in [-0.2, 0) is 25.7 Å². The molecule has 4 nitrogen and oxygen atoms in total. The van der Waals surface area contributed by atoms with Gasteiger partial charge in [-0.05, 0) is 24.6 Å². The standard InChI is InChI=1S/C14H17BrO4/c1-2-19-14(17)7-6-13(16)10-18-9-11-4-3-5-12(15)8-11/h3-5,8H,2,6-7,9-10H2,1H3. The van der Waals surface area contributed by atoms with Crippen LogP contribution in [0.2, 0.25) is 0 Å². The van der Waals surface area contributed by atoms with Crippen LogP contribution >= 0.6 is 15.9 Å². The first-order valence-corrected chi connectivity index (χ1v) is 6.90. The second-order valence-electron chi connectivity index (χ2n) is 3.97. The summed E-state index contributed by atoms with van der Waals surface area (Å²) in [6.07, 6.45) is 0.282. The molecule has 0 aromatic heterocycles. The Morgan fingerprint density at radius 2 is 2.05 bits per heavy atom. The minimum atomic E-state index is -0.345. The molecule has 0 radical (unpaired) electrons. The van der Waals surface area contributed by atoms with E-state index in [1.807, 2.05) is 24.3 Å². The highest BCUT2D eigenvalue weighted by Gasteiger charge is 2.07. The van der Waals surface area contributed by atoms with E-state index >= 15 is 0 Å². The van der Waals surface area contributed by atoms with Crippen molar-refractivity contribution in [1.29, 1.82) is 0 Å². The van der Waals surface area contributed by atoms with Gasteiger partial charge in [-0.1, -0.05) is 28.1 Å². The number of rotatable bonds is 8. The summed E-state index contributed by atoms with van der Waals surface area (Å²) < 4.78 is 11.0. The second-order valence-corrected chi connectivity index (χ2v) is 4.88. The summed E-state index contributed by atoms with van der Waals surface area (Å²) in [5.41, 5.74) is 0.993. The first kappa shape index (κ1) is 15.9. The lowest BCUT2D eigenvalue weighted by molar-refractivity contribution is -0.144. The van der Waals surface area contributed by atoms with Gasteiger partial charge in [0.05, 0.1) is 19.6 Å². The molecule has 1 aromatic rings. The molecule has 0 unspecified atom stereocenters. The van der Waals surface area contributed by atoms with Crippen LogP contribution in [0.3, 0.4) is 0 Å². The molecule has 19 heavy (non-hydrogen) atoms. The Hall–Kier alpha value is -1.20. The number of halogens is 1. The summed E-state index contributed by atoms with van der Waals surface area (Å²) in [6.45, 7) is 2.48. The first-order chi connectivity index (χ1) is 9.11. The monoisotopic (exact) mass is 328 g/mol. The van der Waals surface area contributed by atoms with Crippen molar-refractivity contribution in [2.45, 2.75) is 26.4 Å². The van der Waals surface area contributed by atoms with Crippen molar-refractivity contribution in [1.82, 2.24) is 0 Å². The molecule has 5 heteroatoms. The van der Waals surface area contributed by atoms with Crippen molar-refractivity contribution in [2.24, 2.45) is 0 Å². The molecule has 0 aliphatic heterocycles. The van der Waals surface area contributed by atoms with Gasteiger partial charge in [-0.25, -0.2) is 0 Å². The molecule has 0 spiro atoms. The number of esters is 1. The molecule has 0 bridgehead atoms. The van der Waals surface area contributed by atoms with Crippen molar-refractivity contribution < 1.29 is 19.1 Å². The van der Waals surface area contributed by atoms with Gasteiger partial charge < -0.3 is 9.47 Å². The lowest BCUT2D eigenvalue weighted by atomic mass is 10.2. The normalized spacial score (nSPS) is 10.2. The molecular formula is C14H17BrO4. The van der Waals surface area contributed by atoms with Crippen molar-refractivity contribution >= 4 is 27.7 Å². The van der Waals surface area contributed by atoms with Gasteiger partial charge in [-0.15, -0.1) is 0 Å². The second kappa shape index (κ2) is 8.82. The van der Waals surface area contributed by atoms with E-state index < -0.39 is 0 Å². The quantitative estimate of drug-likeness (QED) is 0.688. The van der Waals surface area contributed by atoms with Crippen LogP contribution in [-0.4, -0.2) is 25.0 Å². The average Bonchev–Trinajstić information content (AvgIpc) is 2.37. The molecular weight excluding hydrogens is 312 g/mol. The number of carbonyl (C=O) groups excluding carboxylic acids is 2. The maximum absolute atomic E-state index is 11.5. The van der Waals surface area contributed by atoms with Crippen LogP contribution < -0.4 is 0 Å². The molecule has 0 N–H and O–H groups in total. The summed E-state index contributed by atoms with van der Waals surface area (Å²) in [4.78, 5) is 22.5. The Balaban J connectivity index is 2.18. The lowest BCUT2D eigenvalue weighted by Gasteiger charge is -2.04. The van der Waals surface area contributed by atoms with Gasteiger partial charge in [0.15, 0.2) is 5.78 Å². The highest BCUT2D eigenvalue weighted by Crippen LogP contribution is 2.12. The van der Waals surface area contributed by atoms with Crippen LogP contribution in [0, 0.1) is 0 Å². The van der Waals surface area contributed by atoms with Gasteiger partial charge in [0.2, 0.25) is 0 Å². The van der Waals surface area contributed by atoms with E-state index in [0.717, 1.165) is 10.0 Å². The van der Waals surface area contributed by atoms with E-state index in [0.29, 0.717) is 13.2 Å². The Morgan fingerprint density at radius 1 is 1.26 bits per heavy atom. The molecule has 0 saturated carbocycles. The van der Waals surface area contributed by atoms with E-state index in [2.05, 4.69) is 15.9 Å². The molecule has 0 aliphatic carbocycles. The van der Waals surface area contributed by atoms with Crippen LogP contribution in [0.5, 0.6) is 0 Å². The Kier molecular flexibility index (Phi) is 7.36. The SMILES string of the molecule is CCOC(=O)CCC(=O)COCc1cccc(Br)c1. The van der Waals surface area contributed by atoms with Crippen LogP contribution in [0.15, 0.2) is 28.7 Å². The molecule has 1 rings (SSSR count). The number of benzene rings is 1. The highest BCUT2D eigenvalue weighted by atomic mass is 79.9. The first-order valence-electron chi connectivity index (χ1n) is 6.11. The molecule has 0 aliphatic rings. The van der Waals surface area contributed by atoms with Crippen molar-refractivity contribution in [3.05, 3.63) is 34.3 Å². The molecule has 0 saturated heterocycles. The number of ether oxygens (including phenoxy) is 2. The number of hydrogen-bond donors (Lipinski definition) is 0. The van der Waals surface area contributed by atoms with Crippen molar-refractivity contribution in [2.75, 3.05) is 13.2 Å². The summed E-state index contributed by atoms with van der Waals surface area (Å²) >= 11 is 3.36. The zero-order chi connectivity index (χ0) is 14.1. The summed E-state index contributed by atoms with van der Waals surface area (Å²) in [6, 6.07) is 7.69. The van der Waals surface area contributed by atoms with Gasteiger partial charge in [-0.2, -0.15) is 0 Å². The van der Waals surface area contributed by atoms with Gasteiger partial charge in [-0.3, -0.25) is 9.59 Å². The van der Waals surface area contributed by atoms with Crippen LogP contribution in [0.4, 0.5) is 0 Å². The van der Waals surface area contributed by atoms with Crippen molar-refractivity contribution in [3.8, 4) is 0 Å². The van der Waals surface area contributed by atoms with Gasteiger partial charge in [0.25, 0.3) is 0 Å². The molecule has 104 valence electrons. The van der Waals surface area contributed by atoms with Crippen LogP contribution in [0.25, 0.3) is 0 Å². The molecule has 0 amide bonds.